The van der Waals surface area contributed by atoms with Gasteiger partial charge in [0, 0.05) is 29.9 Å². The Bertz CT molecular complexity index is 1080. The van der Waals surface area contributed by atoms with Crippen LogP contribution in [0.3, 0.4) is 0 Å². The van der Waals surface area contributed by atoms with Crippen molar-refractivity contribution in [2.45, 2.75) is 45.6 Å². The second kappa shape index (κ2) is 9.25. The van der Waals surface area contributed by atoms with E-state index in [0.29, 0.717) is 12.0 Å². The Kier molecular flexibility index (Phi) is 6.26. The Balaban J connectivity index is 1.45. The van der Waals surface area contributed by atoms with Gasteiger partial charge in [0.2, 0.25) is 5.91 Å². The van der Waals surface area contributed by atoms with Gasteiger partial charge in [-0.1, -0.05) is 31.0 Å². The largest absolute Gasteiger partial charge is 0.451 e. The summed E-state index contributed by atoms with van der Waals surface area (Å²) in [5.41, 5.74) is 3.61. The molecule has 3 aromatic rings. The number of carbonyl (C=O) groups is 2. The number of aryl methyl sites for hydroxylation is 1. The standard InChI is InChI=1S/C25H29N3O3/c1-3-7-21(27-25(30)23-15-18-14-17(2)10-11-22(18)31-23)24(29)26-19-8-6-9-20(16-19)28-12-4-5-13-28/h6,8-11,14-16,21H,3-5,7,12-13H2,1-2H3,(H,26,29)(H,27,30). The van der Waals surface area contributed by atoms with Crippen LogP contribution < -0.4 is 15.5 Å². The molecule has 0 saturated carbocycles. The van der Waals surface area contributed by atoms with Gasteiger partial charge in [0.05, 0.1) is 0 Å². The molecule has 0 radical (unpaired) electrons. The predicted octanol–water partition coefficient (Wildman–Crippen LogP) is 4.88. The first-order valence-corrected chi connectivity index (χ1v) is 11.0. The second-order valence-corrected chi connectivity index (χ2v) is 8.20. The molecule has 2 N–H and O–H groups in total. The zero-order valence-electron chi connectivity index (χ0n) is 18.1. The van der Waals surface area contributed by atoms with Crippen molar-refractivity contribution < 1.29 is 14.0 Å². The van der Waals surface area contributed by atoms with Gasteiger partial charge in [-0.05, 0) is 62.6 Å². The number of amides is 2. The first-order chi connectivity index (χ1) is 15.0. The zero-order chi connectivity index (χ0) is 21.8. The number of anilines is 2. The van der Waals surface area contributed by atoms with E-state index in [-0.39, 0.29) is 17.6 Å². The Morgan fingerprint density at radius 2 is 1.90 bits per heavy atom. The first kappa shape index (κ1) is 21.0. The molecule has 2 aromatic carbocycles. The van der Waals surface area contributed by atoms with E-state index in [1.54, 1.807) is 6.07 Å². The molecule has 2 heterocycles. The molecule has 0 aliphatic carbocycles. The number of hydrogen-bond acceptors (Lipinski definition) is 4. The van der Waals surface area contributed by atoms with Gasteiger partial charge in [-0.25, -0.2) is 0 Å². The number of fused-ring (bicyclic) bond motifs is 1. The minimum atomic E-state index is -0.636. The summed E-state index contributed by atoms with van der Waals surface area (Å²) in [6.45, 7) is 6.07. The molecule has 1 saturated heterocycles. The second-order valence-electron chi connectivity index (χ2n) is 8.20. The van der Waals surface area contributed by atoms with Crippen LogP contribution in [0.1, 0.15) is 48.7 Å². The lowest BCUT2D eigenvalue weighted by atomic mass is 10.1. The SMILES string of the molecule is CCCC(NC(=O)c1cc2cc(C)ccc2o1)C(=O)Nc1cccc(N2CCCC2)c1. The molecule has 162 valence electrons. The first-order valence-electron chi connectivity index (χ1n) is 11.0. The van der Waals surface area contributed by atoms with E-state index in [9.17, 15) is 9.59 Å². The highest BCUT2D eigenvalue weighted by Crippen LogP contribution is 2.24. The molecular weight excluding hydrogens is 390 g/mol. The lowest BCUT2D eigenvalue weighted by Crippen LogP contribution is -2.43. The summed E-state index contributed by atoms with van der Waals surface area (Å²) < 4.78 is 5.69. The van der Waals surface area contributed by atoms with Crippen LogP contribution in [0.5, 0.6) is 0 Å². The summed E-state index contributed by atoms with van der Waals surface area (Å²) in [4.78, 5) is 28.1. The minimum absolute atomic E-state index is 0.213. The minimum Gasteiger partial charge on any atom is -0.451 e. The zero-order valence-corrected chi connectivity index (χ0v) is 18.1. The smallest absolute Gasteiger partial charge is 0.287 e. The fourth-order valence-electron chi connectivity index (χ4n) is 4.05. The van der Waals surface area contributed by atoms with Gasteiger partial charge in [0.15, 0.2) is 5.76 Å². The average molecular weight is 420 g/mol. The fraction of sp³-hybridized carbons (Fsp3) is 0.360. The van der Waals surface area contributed by atoms with E-state index in [2.05, 4.69) is 21.6 Å². The molecule has 0 spiro atoms. The molecule has 1 fully saturated rings. The molecule has 1 unspecified atom stereocenters. The number of carbonyl (C=O) groups excluding carboxylic acids is 2. The van der Waals surface area contributed by atoms with Crippen LogP contribution in [0.25, 0.3) is 11.0 Å². The number of nitrogens with one attached hydrogen (secondary N) is 2. The van der Waals surface area contributed by atoms with Crippen molar-refractivity contribution in [3.8, 4) is 0 Å². The Hall–Kier alpha value is -3.28. The van der Waals surface area contributed by atoms with Gasteiger partial charge in [0.25, 0.3) is 5.91 Å². The maximum Gasteiger partial charge on any atom is 0.287 e. The van der Waals surface area contributed by atoms with Gasteiger partial charge < -0.3 is 20.0 Å². The Morgan fingerprint density at radius 3 is 2.68 bits per heavy atom. The predicted molar refractivity (Wildman–Crippen MR) is 124 cm³/mol. The number of hydrogen-bond donors (Lipinski definition) is 2. The van der Waals surface area contributed by atoms with Gasteiger partial charge in [0.1, 0.15) is 11.6 Å². The number of furan rings is 1. The summed E-state index contributed by atoms with van der Waals surface area (Å²) in [5, 5.41) is 6.69. The van der Waals surface area contributed by atoms with Gasteiger partial charge in [-0.15, -0.1) is 0 Å². The molecule has 1 aromatic heterocycles. The number of rotatable bonds is 7. The van der Waals surface area contributed by atoms with E-state index in [1.165, 1.54) is 12.8 Å². The highest BCUT2D eigenvalue weighted by atomic mass is 16.3. The summed E-state index contributed by atoms with van der Waals surface area (Å²) >= 11 is 0. The van der Waals surface area contributed by atoms with Crippen LogP contribution in [0.2, 0.25) is 0 Å². The van der Waals surface area contributed by atoms with Crippen molar-refractivity contribution in [2.75, 3.05) is 23.3 Å². The highest BCUT2D eigenvalue weighted by molar-refractivity contribution is 6.01. The summed E-state index contributed by atoms with van der Waals surface area (Å²) in [7, 11) is 0. The van der Waals surface area contributed by atoms with Gasteiger partial charge in [-0.2, -0.15) is 0 Å². The molecule has 2 amide bonds. The lowest BCUT2D eigenvalue weighted by Gasteiger charge is -2.20. The summed E-state index contributed by atoms with van der Waals surface area (Å²) in [6.07, 6.45) is 3.71. The molecule has 6 heteroatoms. The van der Waals surface area contributed by atoms with E-state index in [0.717, 1.165) is 41.8 Å². The fourth-order valence-corrected chi connectivity index (χ4v) is 4.05. The monoisotopic (exact) mass is 419 g/mol. The third-order valence-corrected chi connectivity index (χ3v) is 5.68. The summed E-state index contributed by atoms with van der Waals surface area (Å²) in [6, 6.07) is 14.7. The van der Waals surface area contributed by atoms with Crippen LogP contribution >= 0.6 is 0 Å². The maximum absolute atomic E-state index is 12.9. The average Bonchev–Trinajstić information content (AvgIpc) is 3.43. The third kappa shape index (κ3) is 4.90. The highest BCUT2D eigenvalue weighted by Gasteiger charge is 2.23. The molecule has 31 heavy (non-hydrogen) atoms. The lowest BCUT2D eigenvalue weighted by molar-refractivity contribution is -0.118. The molecule has 4 rings (SSSR count). The maximum atomic E-state index is 12.9. The van der Waals surface area contributed by atoms with E-state index < -0.39 is 6.04 Å². The Labute approximate surface area is 182 Å². The van der Waals surface area contributed by atoms with Crippen molar-refractivity contribution in [2.24, 2.45) is 0 Å². The van der Waals surface area contributed by atoms with E-state index in [1.807, 2.05) is 50.2 Å². The van der Waals surface area contributed by atoms with E-state index >= 15 is 0 Å². The van der Waals surface area contributed by atoms with Crippen molar-refractivity contribution >= 4 is 34.2 Å². The normalized spacial score (nSPS) is 14.6. The topological polar surface area (TPSA) is 74.6 Å². The molecule has 1 aliphatic rings. The number of nitrogens with zero attached hydrogens (tertiary/aromatic N) is 1. The van der Waals surface area contributed by atoms with Crippen molar-refractivity contribution in [3.63, 3.8) is 0 Å². The van der Waals surface area contributed by atoms with Gasteiger partial charge in [-0.3, -0.25) is 9.59 Å². The van der Waals surface area contributed by atoms with Crippen LogP contribution in [0, 0.1) is 6.92 Å². The molecule has 1 aliphatic heterocycles. The quantitative estimate of drug-likeness (QED) is 0.572. The summed E-state index contributed by atoms with van der Waals surface area (Å²) in [5.74, 6) is -0.389. The molecule has 1 atom stereocenters. The van der Waals surface area contributed by atoms with Crippen LogP contribution in [-0.2, 0) is 4.79 Å². The Morgan fingerprint density at radius 1 is 1.10 bits per heavy atom. The van der Waals surface area contributed by atoms with Crippen molar-refractivity contribution in [3.05, 3.63) is 59.9 Å². The molecular formula is C25H29N3O3. The van der Waals surface area contributed by atoms with E-state index in [4.69, 9.17) is 4.42 Å². The number of benzene rings is 2. The van der Waals surface area contributed by atoms with Crippen LogP contribution in [-0.4, -0.2) is 30.9 Å². The van der Waals surface area contributed by atoms with Crippen LogP contribution in [0.15, 0.2) is 52.9 Å². The third-order valence-electron chi connectivity index (χ3n) is 5.68. The van der Waals surface area contributed by atoms with Crippen LogP contribution in [0.4, 0.5) is 11.4 Å². The molecule has 6 nitrogen and oxygen atoms in total. The van der Waals surface area contributed by atoms with Crippen molar-refractivity contribution in [1.29, 1.82) is 0 Å². The molecule has 0 bridgehead atoms. The van der Waals surface area contributed by atoms with Gasteiger partial charge >= 0.3 is 0 Å². The van der Waals surface area contributed by atoms with Crippen molar-refractivity contribution in [1.82, 2.24) is 5.32 Å².